The molecule has 1 spiro atoms. The molecule has 1 aromatic heterocycles. The van der Waals surface area contributed by atoms with Crippen molar-refractivity contribution >= 4 is 40.0 Å². The molecule has 2 saturated heterocycles. The Hall–Kier alpha value is -4.43. The van der Waals surface area contributed by atoms with Crippen LogP contribution in [-0.4, -0.2) is 35.9 Å². The summed E-state index contributed by atoms with van der Waals surface area (Å²) < 4.78 is 5.27. The van der Waals surface area contributed by atoms with Crippen LogP contribution in [-0.2, 0) is 26.3 Å². The van der Waals surface area contributed by atoms with Crippen molar-refractivity contribution in [3.63, 3.8) is 0 Å². The van der Waals surface area contributed by atoms with Gasteiger partial charge in [-0.3, -0.25) is 19.7 Å². The minimum absolute atomic E-state index is 0.291. The molecule has 196 valence electrons. The van der Waals surface area contributed by atoms with E-state index in [4.69, 9.17) is 4.74 Å². The lowest BCUT2D eigenvalue weighted by Gasteiger charge is -2.30. The van der Waals surface area contributed by atoms with Crippen molar-refractivity contribution in [1.82, 2.24) is 10.3 Å². The van der Waals surface area contributed by atoms with Crippen molar-refractivity contribution < 1.29 is 19.1 Å². The average Bonchev–Trinajstić information content (AvgIpc) is 3.64. The number of aryl methyl sites for hydroxylation is 2. The summed E-state index contributed by atoms with van der Waals surface area (Å²) in [6.07, 6.45) is 2.43. The van der Waals surface area contributed by atoms with Gasteiger partial charge in [0, 0.05) is 34.4 Å². The summed E-state index contributed by atoms with van der Waals surface area (Å²) >= 11 is 0. The number of hydrogen-bond acceptors (Lipinski definition) is 5. The van der Waals surface area contributed by atoms with Gasteiger partial charge in [0.15, 0.2) is 0 Å². The summed E-state index contributed by atoms with van der Waals surface area (Å²) in [5.74, 6) is -1.93. The first-order chi connectivity index (χ1) is 18.8. The summed E-state index contributed by atoms with van der Waals surface area (Å²) in [6.45, 7) is 3.93. The smallest absolute Gasteiger partial charge is 0.250 e. The van der Waals surface area contributed by atoms with E-state index in [9.17, 15) is 14.4 Å². The summed E-state index contributed by atoms with van der Waals surface area (Å²) in [7, 11) is 1.57. The molecule has 0 saturated carbocycles. The zero-order valence-electron chi connectivity index (χ0n) is 21.9. The molecule has 0 bridgehead atoms. The topological polar surface area (TPSA) is 104 Å². The maximum atomic E-state index is 14.2. The second kappa shape index (κ2) is 8.28. The molecule has 8 heteroatoms. The molecule has 39 heavy (non-hydrogen) atoms. The Morgan fingerprint density at radius 1 is 0.974 bits per heavy atom. The van der Waals surface area contributed by atoms with Gasteiger partial charge in [-0.2, -0.15) is 0 Å². The number of rotatable bonds is 4. The standard InChI is InChI=1S/C31H28N4O4/c1-16-12-17(2)27-22(13-16)31(30(38)33-27)26-25(24(34-31)14-18-15-32-23-7-5-4-6-21(18)23)28(36)35(29(26)37)19-8-10-20(39-3)11-9-19/h4-13,15,24-26,32,34H,14H2,1-3H3,(H,33,38). The number of para-hydroxylation sites is 1. The Morgan fingerprint density at radius 2 is 1.74 bits per heavy atom. The third kappa shape index (κ3) is 3.18. The Morgan fingerprint density at radius 3 is 2.51 bits per heavy atom. The fraction of sp³-hybridized carbons (Fsp3) is 0.258. The number of carbonyl (C=O) groups excluding carboxylic acids is 3. The van der Waals surface area contributed by atoms with E-state index >= 15 is 0 Å². The minimum atomic E-state index is -1.35. The van der Waals surface area contributed by atoms with Gasteiger partial charge < -0.3 is 15.0 Å². The van der Waals surface area contributed by atoms with Gasteiger partial charge in [0.2, 0.25) is 17.7 Å². The highest BCUT2D eigenvalue weighted by molar-refractivity contribution is 6.26. The molecule has 0 radical (unpaired) electrons. The summed E-state index contributed by atoms with van der Waals surface area (Å²) in [4.78, 5) is 46.9. The molecule has 3 aromatic carbocycles. The molecule has 2 fully saturated rings. The summed E-state index contributed by atoms with van der Waals surface area (Å²) in [5.41, 5.74) is 4.53. The van der Waals surface area contributed by atoms with E-state index in [2.05, 4.69) is 15.6 Å². The number of anilines is 2. The van der Waals surface area contributed by atoms with Crippen molar-refractivity contribution in [2.45, 2.75) is 31.8 Å². The number of aromatic nitrogens is 1. The van der Waals surface area contributed by atoms with E-state index < -0.39 is 23.4 Å². The highest BCUT2D eigenvalue weighted by Gasteiger charge is 2.70. The third-order valence-electron chi connectivity index (χ3n) is 8.61. The first-order valence-corrected chi connectivity index (χ1v) is 13.1. The Labute approximate surface area is 225 Å². The van der Waals surface area contributed by atoms with E-state index in [-0.39, 0.29) is 17.7 Å². The molecule has 3 aliphatic heterocycles. The number of hydrogen-bond donors (Lipinski definition) is 3. The zero-order chi connectivity index (χ0) is 27.1. The van der Waals surface area contributed by atoms with Gasteiger partial charge >= 0.3 is 0 Å². The summed E-state index contributed by atoms with van der Waals surface area (Å²) in [5, 5.41) is 7.67. The number of nitrogens with zero attached hydrogens (tertiary/aromatic N) is 1. The van der Waals surface area contributed by atoms with Crippen molar-refractivity contribution in [3.8, 4) is 5.75 Å². The predicted octanol–water partition coefficient (Wildman–Crippen LogP) is 3.96. The Bertz CT molecular complexity index is 1690. The van der Waals surface area contributed by atoms with Crippen LogP contribution in [0.25, 0.3) is 10.9 Å². The second-order valence-electron chi connectivity index (χ2n) is 10.8. The number of H-pyrrole nitrogens is 1. The van der Waals surface area contributed by atoms with Gasteiger partial charge in [-0.1, -0.05) is 35.9 Å². The number of aromatic amines is 1. The number of carbonyl (C=O) groups is 3. The lowest BCUT2D eigenvalue weighted by atomic mass is 9.75. The molecule has 3 N–H and O–H groups in total. The van der Waals surface area contributed by atoms with Crippen molar-refractivity contribution in [2.75, 3.05) is 17.3 Å². The van der Waals surface area contributed by atoms with Crippen LogP contribution in [0.2, 0.25) is 0 Å². The first-order valence-electron chi connectivity index (χ1n) is 13.1. The normalized spacial score (nSPS) is 25.5. The van der Waals surface area contributed by atoms with Crippen LogP contribution in [0.15, 0.2) is 66.9 Å². The molecule has 3 aliphatic rings. The number of ether oxygens (including phenoxy) is 1. The van der Waals surface area contributed by atoms with Crippen LogP contribution in [0, 0.1) is 25.7 Å². The van der Waals surface area contributed by atoms with Crippen LogP contribution >= 0.6 is 0 Å². The van der Waals surface area contributed by atoms with Gasteiger partial charge in [0.1, 0.15) is 11.3 Å². The quantitative estimate of drug-likeness (QED) is 0.354. The van der Waals surface area contributed by atoms with Crippen LogP contribution in [0.3, 0.4) is 0 Å². The molecule has 7 rings (SSSR count). The van der Waals surface area contributed by atoms with Crippen molar-refractivity contribution in [1.29, 1.82) is 0 Å². The zero-order valence-corrected chi connectivity index (χ0v) is 21.9. The highest BCUT2D eigenvalue weighted by Crippen LogP contribution is 2.54. The van der Waals surface area contributed by atoms with E-state index in [1.54, 1.807) is 31.4 Å². The molecule has 4 atom stereocenters. The maximum absolute atomic E-state index is 14.2. The van der Waals surface area contributed by atoms with Gasteiger partial charge in [0.25, 0.3) is 0 Å². The van der Waals surface area contributed by atoms with Gasteiger partial charge in [-0.25, -0.2) is 4.90 Å². The number of fused-ring (bicyclic) bond motifs is 5. The molecule has 8 nitrogen and oxygen atoms in total. The molecule has 0 aliphatic carbocycles. The molecular formula is C31H28N4O4. The minimum Gasteiger partial charge on any atom is -0.497 e. The summed E-state index contributed by atoms with van der Waals surface area (Å²) in [6, 6.07) is 18.4. The predicted molar refractivity (Wildman–Crippen MR) is 148 cm³/mol. The largest absolute Gasteiger partial charge is 0.497 e. The maximum Gasteiger partial charge on any atom is 0.250 e. The second-order valence-corrected chi connectivity index (χ2v) is 10.8. The lowest BCUT2D eigenvalue weighted by molar-refractivity contribution is -0.130. The number of imide groups is 1. The fourth-order valence-corrected chi connectivity index (χ4v) is 6.96. The number of methoxy groups -OCH3 is 1. The molecular weight excluding hydrogens is 492 g/mol. The highest BCUT2D eigenvalue weighted by atomic mass is 16.5. The van der Waals surface area contributed by atoms with Gasteiger partial charge in [-0.15, -0.1) is 0 Å². The lowest BCUT2D eigenvalue weighted by Crippen LogP contribution is -2.53. The number of benzene rings is 3. The van der Waals surface area contributed by atoms with Crippen molar-refractivity contribution in [3.05, 3.63) is 89.1 Å². The van der Waals surface area contributed by atoms with E-state index in [0.717, 1.165) is 33.2 Å². The molecule has 4 unspecified atom stereocenters. The number of amides is 3. The third-order valence-corrected chi connectivity index (χ3v) is 8.61. The van der Waals surface area contributed by atoms with Crippen LogP contribution < -0.4 is 20.3 Å². The molecule has 4 heterocycles. The average molecular weight is 521 g/mol. The van der Waals surface area contributed by atoms with Gasteiger partial charge in [-0.05, 0) is 61.7 Å². The molecule has 3 amide bonds. The SMILES string of the molecule is COc1ccc(N2C(=O)C3C(Cc4c[nH]c5ccccc45)NC4(C(=O)Nc5c(C)cc(C)cc54)C3C2=O)cc1. The van der Waals surface area contributed by atoms with E-state index in [1.807, 2.05) is 56.4 Å². The first kappa shape index (κ1) is 23.7. The molecule has 4 aromatic rings. The van der Waals surface area contributed by atoms with Crippen LogP contribution in [0.5, 0.6) is 5.75 Å². The van der Waals surface area contributed by atoms with E-state index in [0.29, 0.717) is 23.5 Å². The Balaban J connectivity index is 1.38. The van der Waals surface area contributed by atoms with Gasteiger partial charge in [0.05, 0.1) is 24.6 Å². The van der Waals surface area contributed by atoms with Crippen LogP contribution in [0.1, 0.15) is 22.3 Å². The van der Waals surface area contributed by atoms with Crippen LogP contribution in [0.4, 0.5) is 11.4 Å². The monoisotopic (exact) mass is 520 g/mol. The number of nitrogens with one attached hydrogen (secondary N) is 3. The Kier molecular flexibility index (Phi) is 5.03. The van der Waals surface area contributed by atoms with E-state index in [1.165, 1.54) is 4.90 Å². The van der Waals surface area contributed by atoms with Crippen molar-refractivity contribution in [2.24, 2.45) is 11.8 Å². The fourth-order valence-electron chi connectivity index (χ4n) is 6.96.